The Morgan fingerprint density at radius 2 is 1.83 bits per heavy atom. The second-order valence-electron chi connectivity index (χ2n) is 7.55. The van der Waals surface area contributed by atoms with Crippen LogP contribution in [0.15, 0.2) is 36.4 Å². The minimum Gasteiger partial charge on any atom is -0.392 e. The summed E-state index contributed by atoms with van der Waals surface area (Å²) in [5.41, 5.74) is 2.82. The Bertz CT molecular complexity index is 689. The lowest BCUT2D eigenvalue weighted by atomic mass is 9.75. The summed E-state index contributed by atoms with van der Waals surface area (Å²) in [6.45, 7) is 1.97. The zero-order valence-corrected chi connectivity index (χ0v) is 14.0. The van der Waals surface area contributed by atoms with Crippen LogP contribution in [0.25, 0.3) is 10.8 Å². The molecule has 2 unspecified atom stereocenters. The van der Waals surface area contributed by atoms with Crippen molar-refractivity contribution in [2.75, 3.05) is 13.6 Å². The van der Waals surface area contributed by atoms with Crippen molar-refractivity contribution < 1.29 is 5.11 Å². The van der Waals surface area contributed by atoms with Crippen molar-refractivity contribution >= 4 is 10.8 Å². The molecule has 4 rings (SSSR count). The van der Waals surface area contributed by atoms with Crippen molar-refractivity contribution in [1.29, 1.82) is 0 Å². The van der Waals surface area contributed by atoms with Crippen molar-refractivity contribution in [1.82, 2.24) is 4.90 Å². The fourth-order valence-electron chi connectivity index (χ4n) is 4.74. The van der Waals surface area contributed by atoms with Gasteiger partial charge in [-0.1, -0.05) is 55.7 Å². The average Bonchev–Trinajstić information content (AvgIpc) is 2.61. The molecule has 0 spiro atoms. The van der Waals surface area contributed by atoms with Gasteiger partial charge in [-0.2, -0.15) is 0 Å². The standard InChI is InChI=1S/C21H27NO/c1-22-13-19-17-10-6-5-7-15(17)11-12-18(19)20(14-22)21(23)16-8-3-2-4-9-16/h5-7,10-12,16,20-21,23H,2-4,8-9,13-14H2,1H3. The molecular formula is C21H27NO. The molecule has 2 aromatic carbocycles. The zero-order valence-electron chi connectivity index (χ0n) is 14.0. The fourth-order valence-corrected chi connectivity index (χ4v) is 4.74. The summed E-state index contributed by atoms with van der Waals surface area (Å²) >= 11 is 0. The van der Waals surface area contributed by atoms with Crippen LogP contribution in [0.3, 0.4) is 0 Å². The first-order chi connectivity index (χ1) is 11.2. The van der Waals surface area contributed by atoms with Gasteiger partial charge in [0.15, 0.2) is 0 Å². The van der Waals surface area contributed by atoms with E-state index in [0.717, 1.165) is 13.1 Å². The lowest BCUT2D eigenvalue weighted by Crippen LogP contribution is -2.40. The van der Waals surface area contributed by atoms with Gasteiger partial charge in [0, 0.05) is 19.0 Å². The average molecular weight is 309 g/mol. The maximum atomic E-state index is 11.1. The molecule has 2 aromatic rings. The Balaban J connectivity index is 1.74. The summed E-state index contributed by atoms with van der Waals surface area (Å²) in [5, 5.41) is 13.8. The largest absolute Gasteiger partial charge is 0.392 e. The molecule has 2 nitrogen and oxygen atoms in total. The number of fused-ring (bicyclic) bond motifs is 3. The lowest BCUT2D eigenvalue weighted by Gasteiger charge is -2.39. The number of aliphatic hydroxyl groups excluding tert-OH is 1. The van der Waals surface area contributed by atoms with Crippen LogP contribution in [0.5, 0.6) is 0 Å². The van der Waals surface area contributed by atoms with Crippen molar-refractivity contribution in [3.8, 4) is 0 Å². The summed E-state index contributed by atoms with van der Waals surface area (Å²) in [5.74, 6) is 0.746. The molecule has 0 bridgehead atoms. The Morgan fingerprint density at radius 3 is 2.65 bits per heavy atom. The highest BCUT2D eigenvalue weighted by Gasteiger charge is 2.34. The summed E-state index contributed by atoms with van der Waals surface area (Å²) < 4.78 is 0. The number of likely N-dealkylation sites (N-methyl/N-ethyl adjacent to an activating group) is 1. The number of hydrogen-bond donors (Lipinski definition) is 1. The first kappa shape index (κ1) is 15.2. The maximum Gasteiger partial charge on any atom is 0.0649 e. The van der Waals surface area contributed by atoms with E-state index in [0.29, 0.717) is 5.92 Å². The van der Waals surface area contributed by atoms with Gasteiger partial charge in [-0.05, 0) is 47.7 Å². The molecule has 2 aliphatic rings. The van der Waals surface area contributed by atoms with E-state index in [1.165, 1.54) is 54.0 Å². The van der Waals surface area contributed by atoms with Crippen molar-refractivity contribution in [3.05, 3.63) is 47.5 Å². The molecule has 23 heavy (non-hydrogen) atoms. The second kappa shape index (κ2) is 6.26. The monoisotopic (exact) mass is 309 g/mol. The molecule has 0 aromatic heterocycles. The fraction of sp³-hybridized carbons (Fsp3) is 0.524. The van der Waals surface area contributed by atoms with Crippen LogP contribution < -0.4 is 0 Å². The Kier molecular flexibility index (Phi) is 4.13. The minimum atomic E-state index is -0.196. The molecule has 2 heteroatoms. The first-order valence-corrected chi connectivity index (χ1v) is 9.11. The van der Waals surface area contributed by atoms with E-state index in [-0.39, 0.29) is 12.0 Å². The third-order valence-electron chi connectivity index (χ3n) is 5.96. The van der Waals surface area contributed by atoms with Gasteiger partial charge in [0.25, 0.3) is 0 Å². The van der Waals surface area contributed by atoms with Crippen LogP contribution in [0.1, 0.15) is 49.1 Å². The molecule has 1 aliphatic carbocycles. The van der Waals surface area contributed by atoms with Crippen molar-refractivity contribution in [2.45, 2.75) is 50.7 Å². The number of hydrogen-bond acceptors (Lipinski definition) is 2. The van der Waals surface area contributed by atoms with Crippen LogP contribution in [0.4, 0.5) is 0 Å². The molecule has 1 heterocycles. The predicted molar refractivity (Wildman–Crippen MR) is 95.6 cm³/mol. The topological polar surface area (TPSA) is 23.5 Å². The van der Waals surface area contributed by atoms with Crippen LogP contribution in [0, 0.1) is 5.92 Å². The van der Waals surface area contributed by atoms with E-state index in [1.54, 1.807) is 0 Å². The van der Waals surface area contributed by atoms with Crippen LogP contribution in [-0.4, -0.2) is 29.7 Å². The molecular weight excluding hydrogens is 282 g/mol. The second-order valence-corrected chi connectivity index (χ2v) is 7.55. The maximum absolute atomic E-state index is 11.1. The van der Waals surface area contributed by atoms with E-state index >= 15 is 0 Å². The smallest absolute Gasteiger partial charge is 0.0649 e. The molecule has 2 atom stereocenters. The lowest BCUT2D eigenvalue weighted by molar-refractivity contribution is 0.0443. The van der Waals surface area contributed by atoms with Gasteiger partial charge in [-0.3, -0.25) is 0 Å². The molecule has 0 saturated heterocycles. The highest BCUT2D eigenvalue weighted by Crippen LogP contribution is 2.39. The van der Waals surface area contributed by atoms with Crippen LogP contribution in [0.2, 0.25) is 0 Å². The molecule has 0 radical (unpaired) electrons. The Morgan fingerprint density at radius 1 is 1.04 bits per heavy atom. The van der Waals surface area contributed by atoms with Gasteiger partial charge < -0.3 is 10.0 Å². The predicted octanol–water partition coefficient (Wildman–Crippen LogP) is 4.31. The van der Waals surface area contributed by atoms with Gasteiger partial charge in [-0.15, -0.1) is 0 Å². The summed E-state index contributed by atoms with van der Waals surface area (Å²) in [6.07, 6.45) is 6.12. The highest BCUT2D eigenvalue weighted by molar-refractivity contribution is 5.87. The molecule has 1 fully saturated rings. The third kappa shape index (κ3) is 2.79. The van der Waals surface area contributed by atoms with Crippen LogP contribution >= 0.6 is 0 Å². The van der Waals surface area contributed by atoms with E-state index in [4.69, 9.17) is 0 Å². The van der Waals surface area contributed by atoms with E-state index in [2.05, 4.69) is 48.3 Å². The number of aliphatic hydroxyl groups is 1. The van der Waals surface area contributed by atoms with E-state index < -0.39 is 0 Å². The molecule has 122 valence electrons. The molecule has 1 N–H and O–H groups in total. The van der Waals surface area contributed by atoms with Gasteiger partial charge in [0.1, 0.15) is 0 Å². The zero-order chi connectivity index (χ0) is 15.8. The van der Waals surface area contributed by atoms with Gasteiger partial charge in [0.2, 0.25) is 0 Å². The Labute approximate surface area is 139 Å². The number of rotatable bonds is 2. The normalized spacial score (nSPS) is 24.5. The van der Waals surface area contributed by atoms with E-state index in [1.807, 2.05) is 0 Å². The van der Waals surface area contributed by atoms with Gasteiger partial charge in [0.05, 0.1) is 6.10 Å². The van der Waals surface area contributed by atoms with Gasteiger partial charge in [-0.25, -0.2) is 0 Å². The highest BCUT2D eigenvalue weighted by atomic mass is 16.3. The number of benzene rings is 2. The summed E-state index contributed by atoms with van der Waals surface area (Å²) in [6, 6.07) is 13.2. The van der Waals surface area contributed by atoms with Crippen molar-refractivity contribution in [2.24, 2.45) is 5.92 Å². The minimum absolute atomic E-state index is 0.196. The summed E-state index contributed by atoms with van der Waals surface area (Å²) in [4.78, 5) is 2.38. The molecule has 1 aliphatic heterocycles. The quantitative estimate of drug-likeness (QED) is 0.893. The first-order valence-electron chi connectivity index (χ1n) is 9.11. The molecule has 0 amide bonds. The SMILES string of the molecule is CN1Cc2c(ccc3ccccc23)C(C(O)C2CCCCC2)C1. The van der Waals surface area contributed by atoms with Crippen LogP contribution in [-0.2, 0) is 6.54 Å². The number of nitrogens with zero attached hydrogens (tertiary/aromatic N) is 1. The van der Waals surface area contributed by atoms with Crippen molar-refractivity contribution in [3.63, 3.8) is 0 Å². The molecule has 1 saturated carbocycles. The van der Waals surface area contributed by atoms with Gasteiger partial charge >= 0.3 is 0 Å². The van der Waals surface area contributed by atoms with E-state index in [9.17, 15) is 5.11 Å². The summed E-state index contributed by atoms with van der Waals surface area (Å²) in [7, 11) is 2.19. The Hall–Kier alpha value is -1.38. The third-order valence-corrected chi connectivity index (χ3v) is 5.96.